The van der Waals surface area contributed by atoms with E-state index in [1.807, 2.05) is 11.0 Å². The Labute approximate surface area is 109 Å². The lowest BCUT2D eigenvalue weighted by atomic mass is 9.88. The van der Waals surface area contributed by atoms with Gasteiger partial charge in [-0.1, -0.05) is 12.1 Å². The van der Waals surface area contributed by atoms with Gasteiger partial charge in [-0.05, 0) is 42.9 Å². The third-order valence-electron chi connectivity index (χ3n) is 3.83. The molecule has 0 aromatic heterocycles. The molecule has 1 aliphatic rings. The van der Waals surface area contributed by atoms with Crippen molar-refractivity contribution in [1.29, 1.82) is 0 Å². The Hall–Kier alpha value is -1.51. The zero-order valence-corrected chi connectivity index (χ0v) is 11.4. The van der Waals surface area contributed by atoms with Crippen molar-refractivity contribution in [1.82, 2.24) is 4.90 Å². The average Bonchev–Trinajstić information content (AvgIpc) is 2.38. The second-order valence-electron chi connectivity index (χ2n) is 5.01. The zero-order chi connectivity index (χ0) is 13.1. The maximum absolute atomic E-state index is 11.3. The van der Waals surface area contributed by atoms with Crippen molar-refractivity contribution in [2.24, 2.45) is 0 Å². The lowest BCUT2D eigenvalue weighted by molar-refractivity contribution is -0.129. The first-order valence-electron chi connectivity index (χ1n) is 6.52. The van der Waals surface area contributed by atoms with Crippen LogP contribution in [-0.2, 0) is 4.79 Å². The number of nitrogens with zero attached hydrogens (tertiary/aromatic N) is 1. The number of rotatable bonds is 2. The molecule has 1 heterocycles. The number of hydrogen-bond acceptors (Lipinski definition) is 2. The van der Waals surface area contributed by atoms with E-state index in [0.29, 0.717) is 5.92 Å². The van der Waals surface area contributed by atoms with Crippen LogP contribution in [0.15, 0.2) is 18.2 Å². The molecule has 1 saturated heterocycles. The second-order valence-corrected chi connectivity index (χ2v) is 5.01. The van der Waals surface area contributed by atoms with E-state index in [4.69, 9.17) is 4.74 Å². The van der Waals surface area contributed by atoms with Gasteiger partial charge in [0.25, 0.3) is 0 Å². The summed E-state index contributed by atoms with van der Waals surface area (Å²) in [6.45, 7) is 5.49. The number of carbonyl (C=O) groups is 1. The van der Waals surface area contributed by atoms with Crippen LogP contribution in [0.25, 0.3) is 0 Å². The summed E-state index contributed by atoms with van der Waals surface area (Å²) in [6.07, 6.45) is 2.12. The average molecular weight is 247 g/mol. The Morgan fingerprint density at radius 3 is 2.50 bits per heavy atom. The van der Waals surface area contributed by atoms with Gasteiger partial charge in [-0.15, -0.1) is 0 Å². The highest BCUT2D eigenvalue weighted by Crippen LogP contribution is 2.30. The minimum absolute atomic E-state index is 0.194. The first-order valence-corrected chi connectivity index (χ1v) is 6.52. The van der Waals surface area contributed by atoms with Gasteiger partial charge in [-0.3, -0.25) is 4.79 Å². The third-order valence-corrected chi connectivity index (χ3v) is 3.83. The number of amides is 1. The summed E-state index contributed by atoms with van der Waals surface area (Å²) in [6, 6.07) is 6.41. The van der Waals surface area contributed by atoms with Gasteiger partial charge in [-0.25, -0.2) is 0 Å². The van der Waals surface area contributed by atoms with Gasteiger partial charge in [0.15, 0.2) is 0 Å². The number of benzene rings is 1. The molecule has 0 spiro atoms. The van der Waals surface area contributed by atoms with Crippen molar-refractivity contribution in [3.8, 4) is 5.75 Å². The molecule has 0 saturated carbocycles. The van der Waals surface area contributed by atoms with Crippen molar-refractivity contribution >= 4 is 5.91 Å². The van der Waals surface area contributed by atoms with E-state index in [-0.39, 0.29) is 5.91 Å². The molecule has 0 radical (unpaired) electrons. The fraction of sp³-hybridized carbons (Fsp3) is 0.533. The number of piperidine rings is 1. The summed E-state index contributed by atoms with van der Waals surface area (Å²) < 4.78 is 5.28. The van der Waals surface area contributed by atoms with E-state index in [0.717, 1.165) is 31.7 Å². The number of aryl methyl sites for hydroxylation is 1. The predicted molar refractivity (Wildman–Crippen MR) is 72.0 cm³/mol. The normalized spacial score (nSPS) is 16.7. The van der Waals surface area contributed by atoms with E-state index in [9.17, 15) is 4.79 Å². The SMILES string of the molecule is COc1ccc(C2CCN(C(C)=O)CC2)cc1C. The van der Waals surface area contributed by atoms with Crippen LogP contribution in [0.3, 0.4) is 0 Å². The zero-order valence-electron chi connectivity index (χ0n) is 11.4. The largest absolute Gasteiger partial charge is 0.496 e. The first kappa shape index (κ1) is 12.9. The molecule has 0 unspecified atom stereocenters. The number of hydrogen-bond donors (Lipinski definition) is 0. The molecular weight excluding hydrogens is 226 g/mol. The highest BCUT2D eigenvalue weighted by Gasteiger charge is 2.22. The maximum Gasteiger partial charge on any atom is 0.219 e. The molecular formula is C15H21NO2. The molecule has 0 aliphatic carbocycles. The van der Waals surface area contributed by atoms with E-state index < -0.39 is 0 Å². The van der Waals surface area contributed by atoms with E-state index in [1.165, 1.54) is 11.1 Å². The molecule has 0 atom stereocenters. The molecule has 1 amide bonds. The molecule has 1 fully saturated rings. The highest BCUT2D eigenvalue weighted by molar-refractivity contribution is 5.73. The molecule has 3 heteroatoms. The summed E-state index contributed by atoms with van der Waals surface area (Å²) in [5, 5.41) is 0. The van der Waals surface area contributed by atoms with Gasteiger partial charge in [0.2, 0.25) is 5.91 Å². The van der Waals surface area contributed by atoms with Gasteiger partial charge in [0, 0.05) is 20.0 Å². The third kappa shape index (κ3) is 2.66. The molecule has 98 valence electrons. The van der Waals surface area contributed by atoms with Gasteiger partial charge >= 0.3 is 0 Å². The lowest BCUT2D eigenvalue weighted by Crippen LogP contribution is -2.36. The Morgan fingerprint density at radius 1 is 1.33 bits per heavy atom. The molecule has 0 bridgehead atoms. The van der Waals surface area contributed by atoms with Crippen LogP contribution in [0.2, 0.25) is 0 Å². The summed E-state index contributed by atoms with van der Waals surface area (Å²) in [5.74, 6) is 1.71. The Balaban J connectivity index is 2.05. The quantitative estimate of drug-likeness (QED) is 0.804. The number of likely N-dealkylation sites (tertiary alicyclic amines) is 1. The maximum atomic E-state index is 11.3. The molecule has 0 N–H and O–H groups in total. The Kier molecular flexibility index (Phi) is 3.90. The van der Waals surface area contributed by atoms with Crippen LogP contribution in [0.4, 0.5) is 0 Å². The Morgan fingerprint density at radius 2 is 2.00 bits per heavy atom. The van der Waals surface area contributed by atoms with E-state index >= 15 is 0 Å². The van der Waals surface area contributed by atoms with Gasteiger partial charge in [0.05, 0.1) is 7.11 Å². The second kappa shape index (κ2) is 5.42. The molecule has 1 aromatic carbocycles. The number of methoxy groups -OCH3 is 1. The smallest absolute Gasteiger partial charge is 0.219 e. The van der Waals surface area contributed by atoms with Gasteiger partial charge < -0.3 is 9.64 Å². The number of ether oxygens (including phenoxy) is 1. The van der Waals surface area contributed by atoms with Crippen LogP contribution in [0, 0.1) is 6.92 Å². The highest BCUT2D eigenvalue weighted by atomic mass is 16.5. The fourth-order valence-corrected chi connectivity index (χ4v) is 2.68. The lowest BCUT2D eigenvalue weighted by Gasteiger charge is -2.31. The van der Waals surface area contributed by atoms with E-state index in [1.54, 1.807) is 14.0 Å². The summed E-state index contributed by atoms with van der Waals surface area (Å²) >= 11 is 0. The van der Waals surface area contributed by atoms with Crippen LogP contribution in [0.5, 0.6) is 5.75 Å². The molecule has 1 aliphatic heterocycles. The van der Waals surface area contributed by atoms with E-state index in [2.05, 4.69) is 19.1 Å². The van der Waals surface area contributed by atoms with Crippen LogP contribution < -0.4 is 4.74 Å². The topological polar surface area (TPSA) is 29.5 Å². The Bertz CT molecular complexity index is 434. The standard InChI is InChI=1S/C15H21NO2/c1-11-10-14(4-5-15(11)18-3)13-6-8-16(9-7-13)12(2)17/h4-5,10,13H,6-9H2,1-3H3. The monoisotopic (exact) mass is 247 g/mol. The van der Waals surface area contributed by atoms with Crippen molar-refractivity contribution in [2.75, 3.05) is 20.2 Å². The van der Waals surface area contributed by atoms with Crippen molar-refractivity contribution < 1.29 is 9.53 Å². The van der Waals surface area contributed by atoms with Crippen molar-refractivity contribution in [3.05, 3.63) is 29.3 Å². The minimum Gasteiger partial charge on any atom is -0.496 e. The fourth-order valence-electron chi connectivity index (χ4n) is 2.68. The summed E-state index contributed by atoms with van der Waals surface area (Å²) in [7, 11) is 1.70. The van der Waals surface area contributed by atoms with Crippen LogP contribution >= 0.6 is 0 Å². The van der Waals surface area contributed by atoms with Crippen molar-refractivity contribution in [3.63, 3.8) is 0 Å². The number of carbonyl (C=O) groups excluding carboxylic acids is 1. The van der Waals surface area contributed by atoms with Crippen molar-refractivity contribution in [2.45, 2.75) is 32.6 Å². The molecule has 1 aromatic rings. The molecule has 18 heavy (non-hydrogen) atoms. The summed E-state index contributed by atoms with van der Waals surface area (Å²) in [4.78, 5) is 13.2. The molecule has 3 nitrogen and oxygen atoms in total. The minimum atomic E-state index is 0.194. The molecule has 2 rings (SSSR count). The van der Waals surface area contributed by atoms with Gasteiger partial charge in [0.1, 0.15) is 5.75 Å². The predicted octanol–water partition coefficient (Wildman–Crippen LogP) is 2.73. The van der Waals surface area contributed by atoms with Crippen LogP contribution in [-0.4, -0.2) is 31.0 Å². The first-order chi connectivity index (χ1) is 8.61. The van der Waals surface area contributed by atoms with Crippen LogP contribution in [0.1, 0.15) is 36.8 Å². The van der Waals surface area contributed by atoms with Gasteiger partial charge in [-0.2, -0.15) is 0 Å². The summed E-state index contributed by atoms with van der Waals surface area (Å²) in [5.41, 5.74) is 2.56.